The Morgan fingerprint density at radius 1 is 0.966 bits per heavy atom. The molecule has 3 nitrogen and oxygen atoms in total. The van der Waals surface area contributed by atoms with Crippen molar-refractivity contribution in [1.82, 2.24) is 0 Å². The summed E-state index contributed by atoms with van der Waals surface area (Å²) in [4.78, 5) is 3.72. The van der Waals surface area contributed by atoms with Crippen molar-refractivity contribution in [2.75, 3.05) is 18.1 Å². The third kappa shape index (κ3) is 3.90. The summed E-state index contributed by atoms with van der Waals surface area (Å²) in [6.07, 6.45) is 2.30. The van der Waals surface area contributed by atoms with E-state index in [1.165, 1.54) is 32.6 Å². The minimum absolute atomic E-state index is 0.685. The largest absolute Gasteiger partial charge is 0.494 e. The summed E-state index contributed by atoms with van der Waals surface area (Å²) in [6.45, 7) is 10.2. The molecule has 0 fully saturated rings. The number of hydrogen-bond acceptors (Lipinski definition) is 3. The number of hydrogen-bond donors (Lipinski definition) is 0. The zero-order chi connectivity index (χ0) is 20.4. The molecular weight excluding hydrogens is 376 g/mol. The molecule has 1 aliphatic rings. The van der Waals surface area contributed by atoms with Crippen molar-refractivity contribution < 1.29 is 9.30 Å². The predicted molar refractivity (Wildman–Crippen MR) is 122 cm³/mol. The van der Waals surface area contributed by atoms with Crippen LogP contribution in [0.1, 0.15) is 30.8 Å². The fraction of sp³-hybridized carbons (Fsp3) is 0.240. The third-order valence-electron chi connectivity index (χ3n) is 5.11. The molecular formula is C25H27N2OS+. The molecule has 0 N–H and O–H groups in total. The van der Waals surface area contributed by atoms with Crippen LogP contribution in [0.25, 0.3) is 11.8 Å². The Morgan fingerprint density at radius 2 is 1.66 bits per heavy atom. The van der Waals surface area contributed by atoms with Gasteiger partial charge in [0.25, 0.3) is 0 Å². The van der Waals surface area contributed by atoms with Crippen LogP contribution in [-0.2, 0) is 0 Å². The van der Waals surface area contributed by atoms with Crippen molar-refractivity contribution in [2.24, 2.45) is 0 Å². The standard InChI is InChI=1S/C25H27N2OS/c1-5-26-23-9-7-8-10-24(23)29-25(26)17-20-15-18(3)27(19(4)16-20)21-11-13-22(14-12-21)28-6-2/h7-17H,5-6H2,1-4H3/q+1. The Morgan fingerprint density at radius 3 is 2.31 bits per heavy atom. The van der Waals surface area contributed by atoms with Crippen molar-refractivity contribution in [2.45, 2.75) is 32.6 Å². The number of nitrogens with zero attached hydrogens (tertiary/aromatic N) is 2. The van der Waals surface area contributed by atoms with E-state index in [4.69, 9.17) is 4.74 Å². The van der Waals surface area contributed by atoms with Crippen LogP contribution in [0.4, 0.5) is 5.69 Å². The molecule has 0 bridgehead atoms. The van der Waals surface area contributed by atoms with Gasteiger partial charge in [0.15, 0.2) is 11.4 Å². The van der Waals surface area contributed by atoms with Gasteiger partial charge >= 0.3 is 0 Å². The summed E-state index contributed by atoms with van der Waals surface area (Å²) >= 11 is 1.85. The number of benzene rings is 2. The highest BCUT2D eigenvalue weighted by molar-refractivity contribution is 8.03. The van der Waals surface area contributed by atoms with Crippen molar-refractivity contribution >= 4 is 23.5 Å². The lowest BCUT2D eigenvalue weighted by Crippen LogP contribution is -2.37. The van der Waals surface area contributed by atoms with Gasteiger partial charge < -0.3 is 9.64 Å². The summed E-state index contributed by atoms with van der Waals surface area (Å²) in [5.74, 6) is 0.908. The monoisotopic (exact) mass is 403 g/mol. The fourth-order valence-electron chi connectivity index (χ4n) is 3.91. The third-order valence-corrected chi connectivity index (χ3v) is 6.22. The van der Waals surface area contributed by atoms with Gasteiger partial charge in [0, 0.05) is 49.6 Å². The molecule has 4 rings (SSSR count). The lowest BCUT2D eigenvalue weighted by molar-refractivity contribution is -0.609. The topological polar surface area (TPSA) is 16.4 Å². The highest BCUT2D eigenvalue weighted by Gasteiger charge is 2.24. The number of para-hydroxylation sites is 1. The van der Waals surface area contributed by atoms with Crippen LogP contribution in [0, 0.1) is 13.8 Å². The number of aryl methyl sites for hydroxylation is 2. The van der Waals surface area contributed by atoms with E-state index >= 15 is 0 Å². The second-order valence-electron chi connectivity index (χ2n) is 7.13. The maximum atomic E-state index is 5.57. The zero-order valence-corrected chi connectivity index (χ0v) is 18.3. The van der Waals surface area contributed by atoms with Gasteiger partial charge in [-0.1, -0.05) is 23.9 Å². The normalized spacial score (nSPS) is 14.3. The van der Waals surface area contributed by atoms with Crippen LogP contribution in [0.3, 0.4) is 0 Å². The molecule has 0 amide bonds. The molecule has 0 unspecified atom stereocenters. The summed E-state index contributed by atoms with van der Waals surface area (Å²) in [6, 6.07) is 21.4. The Hall–Kier alpha value is -2.72. The first-order chi connectivity index (χ1) is 14.1. The van der Waals surface area contributed by atoms with Crippen LogP contribution >= 0.6 is 11.8 Å². The van der Waals surface area contributed by atoms with Gasteiger partial charge in [-0.15, -0.1) is 0 Å². The van der Waals surface area contributed by atoms with E-state index in [0.29, 0.717) is 6.61 Å². The first-order valence-electron chi connectivity index (χ1n) is 10.1. The second kappa shape index (κ2) is 8.34. The summed E-state index contributed by atoms with van der Waals surface area (Å²) in [5.41, 5.74) is 6.12. The van der Waals surface area contributed by atoms with Crippen molar-refractivity contribution in [1.29, 1.82) is 0 Å². The molecule has 0 radical (unpaired) electrons. The first kappa shape index (κ1) is 19.6. The second-order valence-corrected chi connectivity index (χ2v) is 8.19. The molecule has 29 heavy (non-hydrogen) atoms. The SMILES string of the molecule is CCOc1ccc(-[n+]2c(C)cc(C=C3Sc4ccccc4N3CC)cc2C)cc1. The molecule has 2 aromatic carbocycles. The number of fused-ring (bicyclic) bond motifs is 1. The Balaban J connectivity index is 1.66. The van der Waals surface area contributed by atoms with E-state index in [0.717, 1.165) is 18.0 Å². The number of rotatable bonds is 5. The summed E-state index contributed by atoms with van der Waals surface area (Å²) in [7, 11) is 0. The maximum Gasteiger partial charge on any atom is 0.211 e. The molecule has 0 atom stereocenters. The van der Waals surface area contributed by atoms with Gasteiger partial charge in [-0.05, 0) is 49.8 Å². The van der Waals surface area contributed by atoms with E-state index in [1.54, 1.807) is 0 Å². The molecule has 1 aliphatic heterocycles. The van der Waals surface area contributed by atoms with E-state index in [1.807, 2.05) is 30.8 Å². The number of pyridine rings is 1. The molecule has 0 spiro atoms. The predicted octanol–water partition coefficient (Wildman–Crippen LogP) is 5.91. The van der Waals surface area contributed by atoms with E-state index in [-0.39, 0.29) is 0 Å². The van der Waals surface area contributed by atoms with E-state index < -0.39 is 0 Å². The van der Waals surface area contributed by atoms with Gasteiger partial charge in [0.2, 0.25) is 5.69 Å². The molecule has 0 saturated carbocycles. The van der Waals surface area contributed by atoms with Gasteiger partial charge in [-0.3, -0.25) is 0 Å². The molecule has 0 saturated heterocycles. The number of aromatic nitrogens is 1. The summed E-state index contributed by atoms with van der Waals surface area (Å²) in [5, 5.41) is 1.28. The average Bonchev–Trinajstić information content (AvgIpc) is 3.06. The number of anilines is 1. The van der Waals surface area contributed by atoms with Gasteiger partial charge in [-0.2, -0.15) is 4.57 Å². The average molecular weight is 404 g/mol. The van der Waals surface area contributed by atoms with E-state index in [9.17, 15) is 0 Å². The van der Waals surface area contributed by atoms with Crippen LogP contribution in [0.2, 0.25) is 0 Å². The Labute approximate surface area is 177 Å². The van der Waals surface area contributed by atoms with Gasteiger partial charge in [0.05, 0.1) is 17.3 Å². The fourth-order valence-corrected chi connectivity index (χ4v) is 5.10. The number of ether oxygens (including phenoxy) is 1. The minimum atomic E-state index is 0.685. The quantitative estimate of drug-likeness (QED) is 0.493. The summed E-state index contributed by atoms with van der Waals surface area (Å²) < 4.78 is 7.86. The van der Waals surface area contributed by atoms with Crippen LogP contribution in [0.5, 0.6) is 5.75 Å². The maximum absolute atomic E-state index is 5.57. The van der Waals surface area contributed by atoms with Crippen molar-refractivity contribution in [3.05, 3.63) is 82.6 Å². The molecule has 3 aromatic rings. The lowest BCUT2D eigenvalue weighted by atomic mass is 10.1. The molecule has 2 heterocycles. The number of thioether (sulfide) groups is 1. The Kier molecular flexibility index (Phi) is 5.63. The van der Waals surface area contributed by atoms with Crippen molar-refractivity contribution in [3.63, 3.8) is 0 Å². The minimum Gasteiger partial charge on any atom is -0.494 e. The van der Waals surface area contributed by atoms with Crippen LogP contribution < -0.4 is 14.2 Å². The highest BCUT2D eigenvalue weighted by Crippen LogP contribution is 2.46. The molecule has 1 aromatic heterocycles. The van der Waals surface area contributed by atoms with Crippen LogP contribution in [-0.4, -0.2) is 13.2 Å². The van der Waals surface area contributed by atoms with E-state index in [2.05, 4.69) is 84.8 Å². The van der Waals surface area contributed by atoms with Crippen LogP contribution in [0.15, 0.2) is 70.6 Å². The molecule has 0 aliphatic carbocycles. The molecule has 4 heteroatoms. The van der Waals surface area contributed by atoms with Gasteiger partial charge in [0.1, 0.15) is 5.75 Å². The first-order valence-corrected chi connectivity index (χ1v) is 10.9. The van der Waals surface area contributed by atoms with Gasteiger partial charge in [-0.25, -0.2) is 0 Å². The zero-order valence-electron chi connectivity index (χ0n) is 17.5. The molecule has 148 valence electrons. The smallest absolute Gasteiger partial charge is 0.211 e. The Bertz CT molecular complexity index is 1030. The van der Waals surface area contributed by atoms with Crippen molar-refractivity contribution in [3.8, 4) is 11.4 Å². The lowest BCUT2D eigenvalue weighted by Gasteiger charge is -2.18. The highest BCUT2D eigenvalue weighted by atomic mass is 32.2.